The molecule has 0 unspecified atom stereocenters. The van der Waals surface area contributed by atoms with Crippen LogP contribution in [0.15, 0.2) is 90.3 Å². The van der Waals surface area contributed by atoms with Crippen LogP contribution in [0.1, 0.15) is 42.5 Å². The molecule has 0 fully saturated rings. The highest BCUT2D eigenvalue weighted by atomic mass is 32.1. The van der Waals surface area contributed by atoms with Crippen LogP contribution >= 0.6 is 11.3 Å². The molecule has 9 heteroatoms. The monoisotopic (exact) mass is 509 g/mol. The zero-order valence-corrected chi connectivity index (χ0v) is 19.9. The van der Waals surface area contributed by atoms with Gasteiger partial charge in [0.25, 0.3) is 11.8 Å². The molecule has 3 aromatic carbocycles. The Labute approximate surface area is 210 Å². The van der Waals surface area contributed by atoms with Gasteiger partial charge in [-0.3, -0.25) is 9.59 Å². The predicted molar refractivity (Wildman–Crippen MR) is 131 cm³/mol. The molecular formula is C27H22F3N3O2S. The molecule has 5 nitrogen and oxygen atoms in total. The largest absolute Gasteiger partial charge is 0.416 e. The average molecular weight is 510 g/mol. The number of hydrogen-bond acceptors (Lipinski definition) is 4. The van der Waals surface area contributed by atoms with E-state index in [1.54, 1.807) is 5.38 Å². The molecule has 0 radical (unpaired) electrons. The van der Waals surface area contributed by atoms with E-state index in [-0.39, 0.29) is 30.3 Å². The molecule has 0 aliphatic heterocycles. The number of carbonyl (C=O) groups is 2. The van der Waals surface area contributed by atoms with Gasteiger partial charge in [0, 0.05) is 24.0 Å². The van der Waals surface area contributed by atoms with Gasteiger partial charge in [-0.15, -0.1) is 11.3 Å². The maximum atomic E-state index is 13.3. The molecule has 0 aliphatic carbocycles. The molecule has 2 amide bonds. The van der Waals surface area contributed by atoms with Crippen LogP contribution in [0.4, 0.5) is 13.2 Å². The van der Waals surface area contributed by atoms with Crippen LogP contribution in [-0.2, 0) is 25.8 Å². The van der Waals surface area contributed by atoms with E-state index in [9.17, 15) is 22.8 Å². The van der Waals surface area contributed by atoms with Crippen molar-refractivity contribution < 1.29 is 22.8 Å². The lowest BCUT2D eigenvalue weighted by Gasteiger charge is -2.22. The molecule has 0 spiro atoms. The zero-order valence-electron chi connectivity index (χ0n) is 19.0. The normalized spacial score (nSPS) is 11.2. The lowest BCUT2D eigenvalue weighted by molar-refractivity contribution is -0.137. The van der Waals surface area contributed by atoms with E-state index in [2.05, 4.69) is 10.3 Å². The van der Waals surface area contributed by atoms with Gasteiger partial charge in [0.15, 0.2) is 0 Å². The number of hydrogen-bond donors (Lipinski definition) is 1. The predicted octanol–water partition coefficient (Wildman–Crippen LogP) is 5.93. The first kappa shape index (κ1) is 25.1. The molecule has 0 saturated heterocycles. The fourth-order valence-electron chi connectivity index (χ4n) is 3.53. The highest BCUT2D eigenvalue weighted by Crippen LogP contribution is 2.30. The molecular weight excluding hydrogens is 487 g/mol. The highest BCUT2D eigenvalue weighted by molar-refractivity contribution is 7.09. The maximum Gasteiger partial charge on any atom is 0.416 e. The number of aromatic nitrogens is 1. The quantitative estimate of drug-likeness (QED) is 0.320. The summed E-state index contributed by atoms with van der Waals surface area (Å²) in [6.07, 6.45) is -4.56. The van der Waals surface area contributed by atoms with Crippen LogP contribution in [0.2, 0.25) is 0 Å². The molecule has 1 N–H and O–H groups in total. The lowest BCUT2D eigenvalue weighted by Crippen LogP contribution is -2.30. The van der Waals surface area contributed by atoms with Gasteiger partial charge in [-0.1, -0.05) is 66.7 Å². The molecule has 0 saturated carbocycles. The Morgan fingerprint density at radius 2 is 1.53 bits per heavy atom. The Balaban J connectivity index is 1.52. The third-order valence-corrected chi connectivity index (χ3v) is 6.18. The van der Waals surface area contributed by atoms with Crippen molar-refractivity contribution in [2.75, 3.05) is 0 Å². The molecule has 184 valence electrons. The molecule has 4 aromatic rings. The second kappa shape index (κ2) is 11.2. The summed E-state index contributed by atoms with van der Waals surface area (Å²) in [5, 5.41) is 4.91. The number of rotatable bonds is 8. The molecule has 0 bridgehead atoms. The van der Waals surface area contributed by atoms with Crippen molar-refractivity contribution in [3.8, 4) is 0 Å². The number of carbonyl (C=O) groups excluding carboxylic acids is 2. The van der Waals surface area contributed by atoms with Crippen molar-refractivity contribution in [2.24, 2.45) is 0 Å². The Hall–Kier alpha value is -3.98. The number of thiazole rings is 1. The van der Waals surface area contributed by atoms with E-state index in [1.165, 1.54) is 28.4 Å². The summed E-state index contributed by atoms with van der Waals surface area (Å²) in [6.45, 7) is 0.562. The summed E-state index contributed by atoms with van der Waals surface area (Å²) in [5.74, 6) is -0.907. The van der Waals surface area contributed by atoms with Crippen molar-refractivity contribution in [1.82, 2.24) is 15.2 Å². The van der Waals surface area contributed by atoms with Gasteiger partial charge >= 0.3 is 6.18 Å². The minimum Gasteiger partial charge on any atom is -0.347 e. The van der Waals surface area contributed by atoms with Crippen molar-refractivity contribution in [2.45, 2.75) is 25.8 Å². The van der Waals surface area contributed by atoms with Crippen LogP contribution in [0.5, 0.6) is 0 Å². The van der Waals surface area contributed by atoms with Crippen LogP contribution in [0, 0.1) is 0 Å². The van der Waals surface area contributed by atoms with E-state index in [0.29, 0.717) is 11.6 Å². The number of nitrogens with zero attached hydrogens (tertiary/aromatic N) is 2. The van der Waals surface area contributed by atoms with Crippen LogP contribution < -0.4 is 5.32 Å². The molecule has 4 rings (SSSR count). The molecule has 0 aliphatic rings. The maximum absolute atomic E-state index is 13.3. The number of benzene rings is 3. The van der Waals surface area contributed by atoms with Crippen LogP contribution in [0.25, 0.3) is 0 Å². The molecule has 1 aromatic heterocycles. The van der Waals surface area contributed by atoms with Crippen molar-refractivity contribution in [3.63, 3.8) is 0 Å². The summed E-state index contributed by atoms with van der Waals surface area (Å²) < 4.78 is 39.6. The molecule has 36 heavy (non-hydrogen) atoms. The Kier molecular flexibility index (Phi) is 7.80. The standard InChI is InChI=1S/C27H22F3N3O2S/c28-27(29,30)22-13-7-12-21(14-22)26(35)33(16-20-10-5-2-6-11-20)17-24-32-23(18-36-24)25(34)31-15-19-8-3-1-4-9-19/h1-14,18H,15-17H2,(H,31,34). The van der Waals surface area contributed by atoms with Crippen molar-refractivity contribution in [1.29, 1.82) is 0 Å². The topological polar surface area (TPSA) is 62.3 Å². The van der Waals surface area contributed by atoms with E-state index >= 15 is 0 Å². The molecule has 1 heterocycles. The SMILES string of the molecule is O=C(NCc1ccccc1)c1csc(CN(Cc2ccccc2)C(=O)c2cccc(C(F)(F)F)c2)n1. The number of alkyl halides is 3. The van der Waals surface area contributed by atoms with Crippen molar-refractivity contribution in [3.05, 3.63) is 123 Å². The number of halogens is 3. The first-order valence-corrected chi connectivity index (χ1v) is 11.9. The average Bonchev–Trinajstić information content (AvgIpc) is 3.36. The number of nitrogens with one attached hydrogen (secondary N) is 1. The van der Waals surface area contributed by atoms with E-state index < -0.39 is 17.6 Å². The first-order chi connectivity index (χ1) is 17.3. The summed E-state index contributed by atoms with van der Waals surface area (Å²) in [4.78, 5) is 31.6. The van der Waals surface area contributed by atoms with Gasteiger partial charge in [0.05, 0.1) is 12.1 Å². The third kappa shape index (κ3) is 6.57. The smallest absolute Gasteiger partial charge is 0.347 e. The van der Waals surface area contributed by atoms with Gasteiger partial charge in [0.2, 0.25) is 0 Å². The first-order valence-electron chi connectivity index (χ1n) is 11.1. The van der Waals surface area contributed by atoms with E-state index in [1.807, 2.05) is 60.7 Å². The van der Waals surface area contributed by atoms with Gasteiger partial charge in [0.1, 0.15) is 10.7 Å². The van der Waals surface area contributed by atoms with E-state index in [0.717, 1.165) is 23.3 Å². The highest BCUT2D eigenvalue weighted by Gasteiger charge is 2.31. The fraction of sp³-hybridized carbons (Fsp3) is 0.148. The number of amides is 2. The van der Waals surface area contributed by atoms with E-state index in [4.69, 9.17) is 0 Å². The summed E-state index contributed by atoms with van der Waals surface area (Å²) in [7, 11) is 0. The van der Waals surface area contributed by atoms with Gasteiger partial charge in [-0.25, -0.2) is 4.98 Å². The lowest BCUT2D eigenvalue weighted by atomic mass is 10.1. The second-order valence-corrected chi connectivity index (χ2v) is 8.96. The summed E-state index contributed by atoms with van der Waals surface area (Å²) in [6, 6.07) is 22.9. The van der Waals surface area contributed by atoms with Gasteiger partial charge in [-0.2, -0.15) is 13.2 Å². The van der Waals surface area contributed by atoms with Gasteiger partial charge < -0.3 is 10.2 Å². The fourth-order valence-corrected chi connectivity index (χ4v) is 4.32. The molecule has 0 atom stereocenters. The third-order valence-electron chi connectivity index (χ3n) is 5.35. The van der Waals surface area contributed by atoms with Crippen molar-refractivity contribution >= 4 is 23.2 Å². The minimum absolute atomic E-state index is 0.0423. The Morgan fingerprint density at radius 1 is 0.861 bits per heavy atom. The Morgan fingerprint density at radius 3 is 2.19 bits per heavy atom. The minimum atomic E-state index is -4.56. The summed E-state index contributed by atoms with van der Waals surface area (Å²) >= 11 is 1.21. The van der Waals surface area contributed by atoms with Crippen LogP contribution in [0.3, 0.4) is 0 Å². The second-order valence-electron chi connectivity index (χ2n) is 8.02. The summed E-state index contributed by atoms with van der Waals surface area (Å²) in [5.41, 5.74) is 1.02. The zero-order chi connectivity index (χ0) is 25.5. The van der Waals surface area contributed by atoms with Crippen LogP contribution in [-0.4, -0.2) is 21.7 Å². The Bertz CT molecular complexity index is 1320. The van der Waals surface area contributed by atoms with Gasteiger partial charge in [-0.05, 0) is 29.3 Å².